The number of methoxy groups -OCH3 is 1. The number of aromatic nitrogens is 1. The van der Waals surface area contributed by atoms with Crippen LogP contribution in [0.1, 0.15) is 12.0 Å². The minimum absolute atomic E-state index is 0.0104. The van der Waals surface area contributed by atoms with Crippen LogP contribution >= 0.6 is 0 Å². The molecule has 1 N–H and O–H groups in total. The third-order valence-electron chi connectivity index (χ3n) is 4.27. The number of pyridine rings is 1. The third kappa shape index (κ3) is 3.25. The van der Waals surface area contributed by atoms with Gasteiger partial charge in [0.15, 0.2) is 0 Å². The number of ether oxygens (including phenoxy) is 1. The van der Waals surface area contributed by atoms with Crippen LogP contribution in [0, 0.1) is 0 Å². The number of likely N-dealkylation sites (tertiary alicyclic amines) is 1. The Morgan fingerprint density at radius 3 is 3.04 bits per heavy atom. The zero-order valence-corrected chi connectivity index (χ0v) is 13.1. The van der Waals surface area contributed by atoms with Gasteiger partial charge in [0.05, 0.1) is 24.3 Å². The maximum Gasteiger partial charge on any atom is 0.246 e. The molecule has 1 aromatic carbocycles. The molecule has 2 aromatic rings. The van der Waals surface area contributed by atoms with Crippen molar-refractivity contribution in [1.82, 2.24) is 9.88 Å². The van der Waals surface area contributed by atoms with E-state index in [2.05, 4.69) is 4.98 Å². The van der Waals surface area contributed by atoms with Crippen LogP contribution in [0.3, 0.4) is 0 Å². The summed E-state index contributed by atoms with van der Waals surface area (Å²) in [6.07, 6.45) is 5.73. The Kier molecular flexibility index (Phi) is 4.69. The predicted molar refractivity (Wildman–Crippen MR) is 88.8 cm³/mol. The van der Waals surface area contributed by atoms with Gasteiger partial charge in [-0.3, -0.25) is 9.78 Å². The highest BCUT2D eigenvalue weighted by Gasteiger charge is 2.33. The minimum Gasteiger partial charge on any atom is -0.394 e. The van der Waals surface area contributed by atoms with Gasteiger partial charge in [-0.2, -0.15) is 0 Å². The number of benzene rings is 1. The van der Waals surface area contributed by atoms with E-state index in [9.17, 15) is 9.90 Å². The molecule has 1 fully saturated rings. The van der Waals surface area contributed by atoms with E-state index in [0.717, 1.165) is 16.5 Å². The van der Waals surface area contributed by atoms with Crippen LogP contribution < -0.4 is 0 Å². The van der Waals surface area contributed by atoms with Gasteiger partial charge in [-0.25, -0.2) is 0 Å². The number of aliphatic hydroxyl groups excluding tert-OH is 1. The number of hydrogen-bond acceptors (Lipinski definition) is 4. The van der Waals surface area contributed by atoms with Crippen LogP contribution in [0.2, 0.25) is 0 Å². The van der Waals surface area contributed by atoms with Crippen molar-refractivity contribution in [2.75, 3.05) is 20.3 Å². The van der Waals surface area contributed by atoms with Gasteiger partial charge in [0.25, 0.3) is 0 Å². The van der Waals surface area contributed by atoms with E-state index in [1.165, 1.54) is 0 Å². The van der Waals surface area contributed by atoms with Crippen molar-refractivity contribution in [1.29, 1.82) is 0 Å². The van der Waals surface area contributed by atoms with Gasteiger partial charge in [0.2, 0.25) is 5.91 Å². The third-order valence-corrected chi connectivity index (χ3v) is 4.27. The van der Waals surface area contributed by atoms with Crippen molar-refractivity contribution < 1.29 is 14.6 Å². The second kappa shape index (κ2) is 6.89. The number of hydrogen-bond donors (Lipinski definition) is 1. The van der Waals surface area contributed by atoms with Crippen molar-refractivity contribution in [3.05, 3.63) is 48.2 Å². The molecule has 1 aliphatic rings. The molecule has 3 rings (SSSR count). The molecule has 2 heterocycles. The second-order valence-corrected chi connectivity index (χ2v) is 5.68. The normalized spacial score (nSPS) is 21.4. The second-order valence-electron chi connectivity index (χ2n) is 5.68. The quantitative estimate of drug-likeness (QED) is 0.875. The molecule has 0 spiro atoms. The van der Waals surface area contributed by atoms with Gasteiger partial charge in [0.1, 0.15) is 0 Å². The molecule has 0 bridgehead atoms. The lowest BCUT2D eigenvalue weighted by Gasteiger charge is -2.20. The molecule has 1 aromatic heterocycles. The van der Waals surface area contributed by atoms with Crippen LogP contribution in [0.4, 0.5) is 0 Å². The Bertz CT molecular complexity index is 724. The Hall–Kier alpha value is -2.24. The van der Waals surface area contributed by atoms with E-state index in [0.29, 0.717) is 13.0 Å². The van der Waals surface area contributed by atoms with E-state index < -0.39 is 0 Å². The molecule has 5 heteroatoms. The van der Waals surface area contributed by atoms with Crippen molar-refractivity contribution in [3.8, 4) is 0 Å². The number of rotatable bonds is 4. The molecule has 1 amide bonds. The van der Waals surface area contributed by atoms with E-state index >= 15 is 0 Å². The summed E-state index contributed by atoms with van der Waals surface area (Å²) in [6.45, 7) is 0.466. The Morgan fingerprint density at radius 2 is 2.26 bits per heavy atom. The first-order valence-corrected chi connectivity index (χ1v) is 7.69. The summed E-state index contributed by atoms with van der Waals surface area (Å²) >= 11 is 0. The fourth-order valence-corrected chi connectivity index (χ4v) is 3.01. The Morgan fingerprint density at radius 1 is 1.43 bits per heavy atom. The van der Waals surface area contributed by atoms with E-state index in [-0.39, 0.29) is 24.7 Å². The SMILES string of the molecule is CO[C@@H]1C[C@@H](CO)N(C(=O)/C=C/c2cccc3cccnc23)C1. The summed E-state index contributed by atoms with van der Waals surface area (Å²) in [7, 11) is 1.63. The summed E-state index contributed by atoms with van der Waals surface area (Å²) in [5.41, 5.74) is 1.77. The lowest BCUT2D eigenvalue weighted by Crippen LogP contribution is -2.36. The molecule has 120 valence electrons. The Balaban J connectivity index is 1.80. The number of para-hydroxylation sites is 1. The van der Waals surface area contributed by atoms with Crippen LogP contribution in [0.15, 0.2) is 42.6 Å². The first-order chi connectivity index (χ1) is 11.2. The number of nitrogens with zero attached hydrogens (tertiary/aromatic N) is 2. The summed E-state index contributed by atoms with van der Waals surface area (Å²) in [5, 5.41) is 10.5. The molecule has 2 atom stereocenters. The van der Waals surface area contributed by atoms with Gasteiger partial charge < -0.3 is 14.7 Å². The maximum atomic E-state index is 12.4. The largest absolute Gasteiger partial charge is 0.394 e. The van der Waals surface area contributed by atoms with Crippen LogP contribution in [-0.2, 0) is 9.53 Å². The standard InChI is InChI=1S/C18H20N2O3/c1-23-16-10-15(12-21)20(11-16)17(22)8-7-14-5-2-4-13-6-3-9-19-18(13)14/h2-9,15-16,21H,10-12H2,1H3/b8-7+/t15-,16+/m0/s1. The highest BCUT2D eigenvalue weighted by Crippen LogP contribution is 2.21. The summed E-state index contributed by atoms with van der Waals surface area (Å²) < 4.78 is 5.30. The lowest BCUT2D eigenvalue weighted by molar-refractivity contribution is -0.127. The van der Waals surface area contributed by atoms with E-state index in [1.807, 2.05) is 30.3 Å². The van der Waals surface area contributed by atoms with Gasteiger partial charge in [-0.05, 0) is 18.6 Å². The van der Waals surface area contributed by atoms with Gasteiger partial charge in [0, 0.05) is 36.9 Å². The molecule has 1 saturated heterocycles. The molecule has 0 radical (unpaired) electrons. The number of amides is 1. The number of carbonyl (C=O) groups is 1. The average Bonchev–Trinajstić information content (AvgIpc) is 3.03. The molecule has 0 aliphatic carbocycles. The van der Waals surface area contributed by atoms with Crippen LogP contribution in [0.5, 0.6) is 0 Å². The van der Waals surface area contributed by atoms with Crippen molar-refractivity contribution in [3.63, 3.8) is 0 Å². The molecule has 0 unspecified atom stereocenters. The minimum atomic E-state index is -0.178. The van der Waals surface area contributed by atoms with E-state index in [4.69, 9.17) is 4.74 Å². The zero-order valence-electron chi connectivity index (χ0n) is 13.1. The number of fused-ring (bicyclic) bond motifs is 1. The highest BCUT2D eigenvalue weighted by atomic mass is 16.5. The van der Waals surface area contributed by atoms with Crippen LogP contribution in [-0.4, -0.2) is 53.3 Å². The smallest absolute Gasteiger partial charge is 0.246 e. The fraction of sp³-hybridized carbons (Fsp3) is 0.333. The summed E-state index contributed by atoms with van der Waals surface area (Å²) in [6, 6.07) is 9.58. The summed E-state index contributed by atoms with van der Waals surface area (Å²) in [5.74, 6) is -0.114. The first kappa shape index (κ1) is 15.6. The molecular weight excluding hydrogens is 292 g/mol. The predicted octanol–water partition coefficient (Wildman–Crippen LogP) is 1.86. The maximum absolute atomic E-state index is 12.4. The molecule has 0 saturated carbocycles. The molecule has 5 nitrogen and oxygen atoms in total. The highest BCUT2D eigenvalue weighted by molar-refractivity contribution is 5.95. The average molecular weight is 312 g/mol. The lowest BCUT2D eigenvalue weighted by atomic mass is 10.1. The van der Waals surface area contributed by atoms with Gasteiger partial charge >= 0.3 is 0 Å². The van der Waals surface area contributed by atoms with E-state index in [1.54, 1.807) is 30.4 Å². The number of carbonyl (C=O) groups excluding carboxylic acids is 1. The first-order valence-electron chi connectivity index (χ1n) is 7.69. The monoisotopic (exact) mass is 312 g/mol. The van der Waals surface area contributed by atoms with Crippen LogP contribution in [0.25, 0.3) is 17.0 Å². The molecule has 1 aliphatic heterocycles. The van der Waals surface area contributed by atoms with Gasteiger partial charge in [-0.15, -0.1) is 0 Å². The zero-order chi connectivity index (χ0) is 16.2. The number of aliphatic hydroxyl groups is 1. The van der Waals surface area contributed by atoms with Gasteiger partial charge in [-0.1, -0.05) is 24.3 Å². The summed E-state index contributed by atoms with van der Waals surface area (Å²) in [4.78, 5) is 18.5. The molecular formula is C18H20N2O3. The molecule has 23 heavy (non-hydrogen) atoms. The Labute approximate surface area is 135 Å². The van der Waals surface area contributed by atoms with Crippen molar-refractivity contribution >= 4 is 22.9 Å². The fourth-order valence-electron chi connectivity index (χ4n) is 3.01. The topological polar surface area (TPSA) is 62.7 Å². The van der Waals surface area contributed by atoms with Crippen molar-refractivity contribution in [2.24, 2.45) is 0 Å². The van der Waals surface area contributed by atoms with Crippen molar-refractivity contribution in [2.45, 2.75) is 18.6 Å².